The summed E-state index contributed by atoms with van der Waals surface area (Å²) in [6.07, 6.45) is -0.127. The quantitative estimate of drug-likeness (QED) is 0.558. The molecular formula is C19H23F2NO5. The van der Waals surface area contributed by atoms with Crippen LogP contribution in [0.5, 0.6) is 0 Å². The number of likely N-dealkylation sites (tertiary alicyclic amines) is 1. The normalized spacial score (nSPS) is 19.5. The molecule has 27 heavy (non-hydrogen) atoms. The second-order valence-corrected chi connectivity index (χ2v) is 6.43. The van der Waals surface area contributed by atoms with E-state index in [2.05, 4.69) is 0 Å². The van der Waals surface area contributed by atoms with Gasteiger partial charge < -0.3 is 14.4 Å². The zero-order valence-corrected chi connectivity index (χ0v) is 15.4. The monoisotopic (exact) mass is 383 g/mol. The molecule has 1 aromatic carbocycles. The summed E-state index contributed by atoms with van der Waals surface area (Å²) < 4.78 is 36.7. The van der Waals surface area contributed by atoms with Gasteiger partial charge in [0, 0.05) is 24.6 Å². The lowest BCUT2D eigenvalue weighted by Crippen LogP contribution is -2.48. The van der Waals surface area contributed by atoms with Gasteiger partial charge in [0.15, 0.2) is 0 Å². The highest BCUT2D eigenvalue weighted by Crippen LogP contribution is 2.28. The van der Waals surface area contributed by atoms with Gasteiger partial charge in [0.2, 0.25) is 0 Å². The van der Waals surface area contributed by atoms with Crippen LogP contribution in [-0.4, -0.2) is 49.0 Å². The van der Waals surface area contributed by atoms with Gasteiger partial charge in [-0.3, -0.25) is 9.59 Å². The number of esters is 1. The van der Waals surface area contributed by atoms with E-state index in [0.29, 0.717) is 6.42 Å². The summed E-state index contributed by atoms with van der Waals surface area (Å²) in [5, 5.41) is 0. The molecule has 0 aliphatic carbocycles. The topological polar surface area (TPSA) is 72.9 Å². The Morgan fingerprint density at radius 3 is 2.63 bits per heavy atom. The fourth-order valence-electron chi connectivity index (χ4n) is 3.33. The summed E-state index contributed by atoms with van der Waals surface area (Å²) in [5.74, 6) is -2.68. The van der Waals surface area contributed by atoms with Crippen LogP contribution in [0.4, 0.5) is 13.6 Å². The molecule has 1 fully saturated rings. The number of carbonyl (C=O) groups is 3. The van der Waals surface area contributed by atoms with Crippen LogP contribution in [0.15, 0.2) is 18.2 Å². The van der Waals surface area contributed by atoms with Crippen molar-refractivity contribution in [3.05, 3.63) is 35.4 Å². The molecule has 1 amide bonds. The lowest BCUT2D eigenvalue weighted by atomic mass is 9.84. The first-order chi connectivity index (χ1) is 12.8. The minimum absolute atomic E-state index is 0.115. The summed E-state index contributed by atoms with van der Waals surface area (Å²) in [7, 11) is 1.25. The zero-order valence-electron chi connectivity index (χ0n) is 15.4. The Morgan fingerprint density at radius 2 is 2.00 bits per heavy atom. The molecule has 8 heteroatoms. The first-order valence-corrected chi connectivity index (χ1v) is 8.82. The summed E-state index contributed by atoms with van der Waals surface area (Å²) in [6, 6.07) is 2.75. The lowest BCUT2D eigenvalue weighted by molar-refractivity contribution is -0.146. The van der Waals surface area contributed by atoms with E-state index in [1.807, 2.05) is 0 Å². The standard InChI is InChI=1S/C19H23F2NO5/c1-3-27-18(24)11-17(23)13-6-7-22(19(25)26-2)15(9-13)8-12-4-5-14(20)10-16(12)21/h4-5,10,13,15H,3,6-9,11H2,1-2H3/t13-,15+/m0/s1. The van der Waals surface area contributed by atoms with Crippen molar-refractivity contribution in [1.82, 2.24) is 4.90 Å². The minimum Gasteiger partial charge on any atom is -0.466 e. The van der Waals surface area contributed by atoms with Crippen LogP contribution in [0, 0.1) is 17.6 Å². The molecule has 1 aliphatic rings. The zero-order chi connectivity index (χ0) is 20.0. The van der Waals surface area contributed by atoms with E-state index in [9.17, 15) is 23.2 Å². The summed E-state index contributed by atoms with van der Waals surface area (Å²) in [6.45, 7) is 2.10. The number of ether oxygens (including phenoxy) is 2. The smallest absolute Gasteiger partial charge is 0.409 e. The number of hydrogen-bond acceptors (Lipinski definition) is 5. The van der Waals surface area contributed by atoms with E-state index < -0.39 is 35.7 Å². The number of carbonyl (C=O) groups excluding carboxylic acids is 3. The van der Waals surface area contributed by atoms with Gasteiger partial charge >= 0.3 is 12.1 Å². The van der Waals surface area contributed by atoms with Gasteiger partial charge in [0.05, 0.1) is 13.7 Å². The van der Waals surface area contributed by atoms with Gasteiger partial charge in [-0.2, -0.15) is 0 Å². The Hall–Kier alpha value is -2.51. The van der Waals surface area contributed by atoms with Crippen molar-refractivity contribution in [2.75, 3.05) is 20.3 Å². The number of ketones is 1. The van der Waals surface area contributed by atoms with Crippen molar-refractivity contribution in [3.8, 4) is 0 Å². The first-order valence-electron chi connectivity index (χ1n) is 8.82. The van der Waals surface area contributed by atoms with Crippen LogP contribution < -0.4 is 0 Å². The molecule has 2 atom stereocenters. The third-order valence-corrected chi connectivity index (χ3v) is 4.67. The Labute approximate surface area is 156 Å². The van der Waals surface area contributed by atoms with E-state index in [4.69, 9.17) is 9.47 Å². The van der Waals surface area contributed by atoms with E-state index in [1.165, 1.54) is 18.1 Å². The molecule has 1 saturated heterocycles. The van der Waals surface area contributed by atoms with Crippen molar-refractivity contribution >= 4 is 17.8 Å². The second-order valence-electron chi connectivity index (χ2n) is 6.43. The number of benzene rings is 1. The predicted octanol–water partition coefficient (Wildman–Crippen LogP) is 2.88. The summed E-state index contributed by atoms with van der Waals surface area (Å²) >= 11 is 0. The summed E-state index contributed by atoms with van der Waals surface area (Å²) in [5.41, 5.74) is 0.244. The number of piperidine rings is 1. The molecule has 0 N–H and O–H groups in total. The van der Waals surface area contributed by atoms with E-state index in [1.54, 1.807) is 6.92 Å². The Kier molecular flexibility index (Phi) is 7.27. The van der Waals surface area contributed by atoms with Gasteiger partial charge in [-0.15, -0.1) is 0 Å². The Bertz CT molecular complexity index is 709. The van der Waals surface area contributed by atoms with Gasteiger partial charge in [-0.05, 0) is 37.8 Å². The lowest BCUT2D eigenvalue weighted by Gasteiger charge is -2.38. The number of hydrogen-bond donors (Lipinski definition) is 0. The maximum absolute atomic E-state index is 14.0. The van der Waals surface area contributed by atoms with Crippen LogP contribution in [0.3, 0.4) is 0 Å². The van der Waals surface area contributed by atoms with Crippen molar-refractivity contribution in [2.24, 2.45) is 5.92 Å². The molecule has 6 nitrogen and oxygen atoms in total. The van der Waals surface area contributed by atoms with E-state index >= 15 is 0 Å². The van der Waals surface area contributed by atoms with Gasteiger partial charge in [-0.1, -0.05) is 6.07 Å². The maximum atomic E-state index is 14.0. The fourth-order valence-corrected chi connectivity index (χ4v) is 3.33. The highest BCUT2D eigenvalue weighted by molar-refractivity contribution is 5.96. The SMILES string of the molecule is CCOC(=O)CC(=O)[C@H]1CCN(C(=O)OC)[C@H](Cc2ccc(F)cc2F)C1. The molecule has 0 bridgehead atoms. The van der Waals surface area contributed by atoms with Crippen LogP contribution in [0.25, 0.3) is 0 Å². The average molecular weight is 383 g/mol. The highest BCUT2D eigenvalue weighted by atomic mass is 19.1. The largest absolute Gasteiger partial charge is 0.466 e. The van der Waals surface area contributed by atoms with E-state index in [-0.39, 0.29) is 43.8 Å². The Balaban J connectivity index is 2.13. The molecule has 0 spiro atoms. The second kappa shape index (κ2) is 9.43. The molecule has 1 aromatic rings. The molecular weight excluding hydrogens is 360 g/mol. The Morgan fingerprint density at radius 1 is 1.26 bits per heavy atom. The van der Waals surface area contributed by atoms with E-state index in [0.717, 1.165) is 12.1 Å². The molecule has 148 valence electrons. The predicted molar refractivity (Wildman–Crippen MR) is 91.9 cm³/mol. The number of halogens is 2. The number of nitrogens with zero attached hydrogens (tertiary/aromatic N) is 1. The highest BCUT2D eigenvalue weighted by Gasteiger charge is 2.36. The number of methoxy groups -OCH3 is 1. The molecule has 0 saturated carbocycles. The van der Waals surface area contributed by atoms with Gasteiger partial charge in [-0.25, -0.2) is 13.6 Å². The molecule has 0 aromatic heterocycles. The van der Waals surface area contributed by atoms with Gasteiger partial charge in [0.25, 0.3) is 0 Å². The van der Waals surface area contributed by atoms with Crippen LogP contribution in [0.2, 0.25) is 0 Å². The molecule has 2 rings (SSSR count). The van der Waals surface area contributed by atoms with Crippen LogP contribution in [0.1, 0.15) is 31.7 Å². The fraction of sp³-hybridized carbons (Fsp3) is 0.526. The molecule has 1 aliphatic heterocycles. The summed E-state index contributed by atoms with van der Waals surface area (Å²) in [4.78, 5) is 37.4. The third kappa shape index (κ3) is 5.48. The number of amides is 1. The van der Waals surface area contributed by atoms with Crippen molar-refractivity contribution < 1.29 is 32.6 Å². The van der Waals surface area contributed by atoms with Crippen LogP contribution >= 0.6 is 0 Å². The number of Topliss-reactive ketones (excluding diaryl/α,β-unsaturated/α-hetero) is 1. The average Bonchev–Trinajstić information content (AvgIpc) is 2.63. The van der Waals surface area contributed by atoms with Crippen molar-refractivity contribution in [3.63, 3.8) is 0 Å². The molecule has 0 unspecified atom stereocenters. The van der Waals surface area contributed by atoms with Crippen molar-refractivity contribution in [1.29, 1.82) is 0 Å². The van der Waals surface area contributed by atoms with Crippen molar-refractivity contribution in [2.45, 2.75) is 38.6 Å². The number of rotatable bonds is 6. The van der Waals surface area contributed by atoms with Crippen LogP contribution in [-0.2, 0) is 25.5 Å². The maximum Gasteiger partial charge on any atom is 0.409 e. The molecule has 1 heterocycles. The minimum atomic E-state index is -0.709. The van der Waals surface area contributed by atoms with Gasteiger partial charge in [0.1, 0.15) is 23.8 Å². The first kappa shape index (κ1) is 20.8. The molecule has 0 radical (unpaired) electrons. The third-order valence-electron chi connectivity index (χ3n) is 4.67.